The van der Waals surface area contributed by atoms with Gasteiger partial charge in [-0.25, -0.2) is 0 Å². The van der Waals surface area contributed by atoms with Crippen LogP contribution < -0.4 is 9.47 Å². The van der Waals surface area contributed by atoms with Crippen LogP contribution in [0.25, 0.3) is 5.76 Å². The van der Waals surface area contributed by atoms with Crippen LogP contribution in [0, 0.1) is 6.92 Å². The van der Waals surface area contributed by atoms with Crippen LogP contribution in [0.1, 0.15) is 43.0 Å². The van der Waals surface area contributed by atoms with E-state index in [2.05, 4.69) is 0 Å². The topological polar surface area (TPSA) is 85.3 Å². The zero-order valence-electron chi connectivity index (χ0n) is 19.6. The van der Waals surface area contributed by atoms with E-state index in [-0.39, 0.29) is 24.5 Å². The summed E-state index contributed by atoms with van der Waals surface area (Å²) in [6.45, 7) is 7.25. The van der Waals surface area contributed by atoms with Gasteiger partial charge in [0.2, 0.25) is 0 Å². The average Bonchev–Trinajstić information content (AvgIpc) is 3.07. The Balaban J connectivity index is 2.14. The predicted octanol–water partition coefficient (Wildman–Crippen LogP) is 4.25. The zero-order valence-corrected chi connectivity index (χ0v) is 19.6. The molecule has 1 aliphatic heterocycles. The molecule has 1 fully saturated rings. The van der Waals surface area contributed by atoms with Crippen molar-refractivity contribution in [2.45, 2.75) is 33.2 Å². The van der Waals surface area contributed by atoms with Crippen molar-refractivity contribution >= 4 is 17.4 Å². The maximum atomic E-state index is 13.1. The van der Waals surface area contributed by atoms with E-state index in [9.17, 15) is 14.7 Å². The molecule has 0 saturated carbocycles. The summed E-state index contributed by atoms with van der Waals surface area (Å²) in [6, 6.07) is 11.7. The molecule has 7 nitrogen and oxygen atoms in total. The van der Waals surface area contributed by atoms with Crippen molar-refractivity contribution in [2.24, 2.45) is 0 Å². The van der Waals surface area contributed by atoms with Crippen molar-refractivity contribution in [3.05, 3.63) is 64.7 Å². The van der Waals surface area contributed by atoms with Crippen LogP contribution in [0.5, 0.6) is 11.5 Å². The first-order valence-corrected chi connectivity index (χ1v) is 11.2. The van der Waals surface area contributed by atoms with E-state index in [4.69, 9.17) is 14.2 Å². The van der Waals surface area contributed by atoms with Crippen molar-refractivity contribution in [1.29, 1.82) is 0 Å². The number of carbonyl (C=O) groups is 2. The number of aliphatic hydroxyl groups excluding tert-OH is 1. The molecule has 176 valence electrons. The quantitative estimate of drug-likeness (QED) is 0.329. The second kappa shape index (κ2) is 11.0. The predicted molar refractivity (Wildman–Crippen MR) is 125 cm³/mol. The Morgan fingerprint density at radius 1 is 1.00 bits per heavy atom. The normalized spacial score (nSPS) is 17.5. The first kappa shape index (κ1) is 24.3. The highest BCUT2D eigenvalue weighted by atomic mass is 16.5. The standard InChI is InChI=1S/C26H31NO6/c1-5-14-33-20-12-11-19(16-21(20)32-6-2)23-22(24(28)18-9-7-17(3)8-10-18)25(29)26(30)27(23)13-15-31-4/h7-12,16,23,28H,5-6,13-15H2,1-4H3. The molecule has 3 rings (SSSR count). The molecule has 1 N–H and O–H groups in total. The molecule has 0 spiro atoms. The Bertz CT molecular complexity index is 1030. The van der Waals surface area contributed by atoms with Crippen LogP contribution in [0.3, 0.4) is 0 Å². The molecule has 2 aromatic carbocycles. The van der Waals surface area contributed by atoms with E-state index in [1.807, 2.05) is 32.9 Å². The third-order valence-electron chi connectivity index (χ3n) is 5.45. The van der Waals surface area contributed by atoms with Gasteiger partial charge in [0.25, 0.3) is 11.7 Å². The van der Waals surface area contributed by atoms with E-state index in [0.29, 0.717) is 35.8 Å². The van der Waals surface area contributed by atoms with Crippen molar-refractivity contribution in [3.63, 3.8) is 0 Å². The Morgan fingerprint density at radius 2 is 1.73 bits per heavy atom. The number of likely N-dealkylation sites (tertiary alicyclic amines) is 1. The minimum absolute atomic E-state index is 0.0460. The van der Waals surface area contributed by atoms with Gasteiger partial charge in [0.15, 0.2) is 11.5 Å². The number of ketones is 1. The third-order valence-corrected chi connectivity index (χ3v) is 5.45. The highest BCUT2D eigenvalue weighted by Gasteiger charge is 2.46. The van der Waals surface area contributed by atoms with Crippen LogP contribution in [-0.4, -0.2) is 55.2 Å². The van der Waals surface area contributed by atoms with Crippen molar-refractivity contribution in [2.75, 3.05) is 33.5 Å². The largest absolute Gasteiger partial charge is 0.507 e. The molecule has 2 aromatic rings. The molecule has 0 radical (unpaired) electrons. The fourth-order valence-corrected chi connectivity index (χ4v) is 3.81. The van der Waals surface area contributed by atoms with Crippen LogP contribution in [0.4, 0.5) is 0 Å². The molecule has 0 aliphatic carbocycles. The minimum atomic E-state index is -0.777. The summed E-state index contributed by atoms with van der Waals surface area (Å²) in [4.78, 5) is 27.4. The van der Waals surface area contributed by atoms with Crippen molar-refractivity contribution in [1.82, 2.24) is 4.90 Å². The summed E-state index contributed by atoms with van der Waals surface area (Å²) in [5.41, 5.74) is 2.19. The summed E-state index contributed by atoms with van der Waals surface area (Å²) >= 11 is 0. The van der Waals surface area contributed by atoms with Gasteiger partial charge >= 0.3 is 0 Å². The number of hydrogen-bond donors (Lipinski definition) is 1. The Labute approximate surface area is 194 Å². The lowest BCUT2D eigenvalue weighted by molar-refractivity contribution is -0.140. The Morgan fingerprint density at radius 3 is 2.36 bits per heavy atom. The number of methoxy groups -OCH3 is 1. The number of benzene rings is 2. The van der Waals surface area contributed by atoms with Gasteiger partial charge in [-0.15, -0.1) is 0 Å². The molecule has 0 aromatic heterocycles. The van der Waals surface area contributed by atoms with E-state index in [0.717, 1.165) is 12.0 Å². The Hall–Kier alpha value is -3.32. The number of aryl methyl sites for hydroxylation is 1. The lowest BCUT2D eigenvalue weighted by Gasteiger charge is -2.26. The van der Waals surface area contributed by atoms with Gasteiger partial charge in [-0.05, 0) is 38.0 Å². The van der Waals surface area contributed by atoms with Crippen LogP contribution in [0.15, 0.2) is 48.0 Å². The van der Waals surface area contributed by atoms with Crippen LogP contribution in [-0.2, 0) is 14.3 Å². The molecule has 1 heterocycles. The molecule has 0 bridgehead atoms. The SMILES string of the molecule is CCCOc1ccc(C2C(=C(O)c3ccc(C)cc3)C(=O)C(=O)N2CCOC)cc1OCC. The van der Waals surface area contributed by atoms with Gasteiger partial charge < -0.3 is 24.2 Å². The molecule has 1 amide bonds. The van der Waals surface area contributed by atoms with Crippen LogP contribution >= 0.6 is 0 Å². The number of hydrogen-bond acceptors (Lipinski definition) is 6. The van der Waals surface area contributed by atoms with E-state index >= 15 is 0 Å². The Kier molecular flexibility index (Phi) is 8.11. The number of Topliss-reactive ketones (excluding diaryl/α,β-unsaturated/α-hetero) is 1. The highest BCUT2D eigenvalue weighted by Crippen LogP contribution is 2.42. The second-order valence-electron chi connectivity index (χ2n) is 7.84. The number of carbonyl (C=O) groups excluding carboxylic acids is 2. The van der Waals surface area contributed by atoms with E-state index < -0.39 is 17.7 Å². The van der Waals surface area contributed by atoms with Gasteiger partial charge in [0.1, 0.15) is 5.76 Å². The smallest absolute Gasteiger partial charge is 0.295 e. The maximum Gasteiger partial charge on any atom is 0.295 e. The van der Waals surface area contributed by atoms with Crippen molar-refractivity contribution < 1.29 is 28.9 Å². The molecular weight excluding hydrogens is 422 g/mol. The number of nitrogens with zero attached hydrogens (tertiary/aromatic N) is 1. The highest BCUT2D eigenvalue weighted by molar-refractivity contribution is 6.46. The molecule has 1 unspecified atom stereocenters. The van der Waals surface area contributed by atoms with Crippen LogP contribution in [0.2, 0.25) is 0 Å². The lowest BCUT2D eigenvalue weighted by atomic mass is 9.94. The maximum absolute atomic E-state index is 13.1. The fraction of sp³-hybridized carbons (Fsp3) is 0.385. The molecule has 1 atom stereocenters. The molecular formula is C26H31NO6. The van der Waals surface area contributed by atoms with E-state index in [1.165, 1.54) is 12.0 Å². The summed E-state index contributed by atoms with van der Waals surface area (Å²) in [6.07, 6.45) is 0.848. The number of aliphatic hydroxyl groups is 1. The lowest BCUT2D eigenvalue weighted by Crippen LogP contribution is -2.32. The molecule has 1 saturated heterocycles. The summed E-state index contributed by atoms with van der Waals surface area (Å²) in [5, 5.41) is 11.1. The monoisotopic (exact) mass is 453 g/mol. The molecule has 7 heteroatoms. The van der Waals surface area contributed by atoms with Gasteiger partial charge in [-0.3, -0.25) is 9.59 Å². The average molecular weight is 454 g/mol. The molecule has 1 aliphatic rings. The van der Waals surface area contributed by atoms with Gasteiger partial charge in [0.05, 0.1) is 31.4 Å². The summed E-state index contributed by atoms with van der Waals surface area (Å²) in [5.74, 6) is -0.484. The second-order valence-corrected chi connectivity index (χ2v) is 7.84. The number of ether oxygens (including phenoxy) is 3. The van der Waals surface area contributed by atoms with E-state index in [1.54, 1.807) is 30.3 Å². The summed E-state index contributed by atoms with van der Waals surface area (Å²) in [7, 11) is 1.53. The number of rotatable bonds is 10. The fourth-order valence-electron chi connectivity index (χ4n) is 3.81. The number of amides is 1. The molecule has 33 heavy (non-hydrogen) atoms. The first-order chi connectivity index (χ1) is 15.9. The van der Waals surface area contributed by atoms with Gasteiger partial charge in [-0.2, -0.15) is 0 Å². The summed E-state index contributed by atoms with van der Waals surface area (Å²) < 4.78 is 16.7. The van der Waals surface area contributed by atoms with Gasteiger partial charge in [-0.1, -0.05) is 42.8 Å². The zero-order chi connectivity index (χ0) is 24.0. The van der Waals surface area contributed by atoms with Crippen molar-refractivity contribution in [3.8, 4) is 11.5 Å². The first-order valence-electron chi connectivity index (χ1n) is 11.2. The van der Waals surface area contributed by atoms with Gasteiger partial charge in [0, 0.05) is 19.2 Å². The third kappa shape index (κ3) is 5.20. The minimum Gasteiger partial charge on any atom is -0.507 e.